The zero-order valence-corrected chi connectivity index (χ0v) is 7.48. The van der Waals surface area contributed by atoms with E-state index in [0.717, 1.165) is 31.8 Å². The van der Waals surface area contributed by atoms with Gasteiger partial charge in [-0.2, -0.15) is 12.6 Å². The molecule has 2 nitrogen and oxygen atoms in total. The molecule has 0 fully saturated rings. The van der Waals surface area contributed by atoms with Gasteiger partial charge in [-0.05, 0) is 25.3 Å². The molecule has 3 heteroatoms. The van der Waals surface area contributed by atoms with Crippen molar-refractivity contribution in [2.24, 2.45) is 0 Å². The van der Waals surface area contributed by atoms with Crippen LogP contribution < -0.4 is 0 Å². The van der Waals surface area contributed by atoms with Gasteiger partial charge in [0.05, 0.1) is 6.61 Å². The van der Waals surface area contributed by atoms with Crippen LogP contribution >= 0.6 is 12.6 Å². The summed E-state index contributed by atoms with van der Waals surface area (Å²) >= 11 is 4.11. The summed E-state index contributed by atoms with van der Waals surface area (Å²) in [5.41, 5.74) is 0. The Morgan fingerprint density at radius 3 is 2.50 bits per heavy atom. The average molecular weight is 163 g/mol. The molecule has 62 valence electrons. The molecule has 0 saturated carbocycles. The zero-order chi connectivity index (χ0) is 7.82. The molecule has 0 bridgehead atoms. The van der Waals surface area contributed by atoms with E-state index in [9.17, 15) is 0 Å². The number of likely N-dealkylation sites (N-methyl/N-ethyl adjacent to an activating group) is 1. The summed E-state index contributed by atoms with van der Waals surface area (Å²) < 4.78 is 0. The van der Waals surface area contributed by atoms with Crippen molar-refractivity contribution >= 4 is 12.6 Å². The van der Waals surface area contributed by atoms with Crippen LogP contribution in [-0.4, -0.2) is 42.0 Å². The van der Waals surface area contributed by atoms with E-state index in [4.69, 9.17) is 5.11 Å². The molecule has 0 amide bonds. The fraction of sp³-hybridized carbons (Fsp3) is 1.00. The highest BCUT2D eigenvalue weighted by Crippen LogP contribution is 1.91. The molecule has 0 aromatic heterocycles. The Morgan fingerprint density at radius 1 is 1.40 bits per heavy atom. The van der Waals surface area contributed by atoms with Crippen molar-refractivity contribution in [1.29, 1.82) is 0 Å². The summed E-state index contributed by atoms with van der Waals surface area (Å²) in [5, 5.41) is 8.61. The first-order chi connectivity index (χ1) is 4.85. The van der Waals surface area contributed by atoms with Crippen molar-refractivity contribution in [3.8, 4) is 0 Å². The van der Waals surface area contributed by atoms with Gasteiger partial charge in [-0.3, -0.25) is 0 Å². The Balaban J connectivity index is 3.21. The van der Waals surface area contributed by atoms with E-state index in [1.807, 2.05) is 0 Å². The number of rotatable bonds is 6. The largest absolute Gasteiger partial charge is 0.395 e. The number of nitrogens with zero attached hydrogens (tertiary/aromatic N) is 1. The minimum absolute atomic E-state index is 0.264. The summed E-state index contributed by atoms with van der Waals surface area (Å²) in [7, 11) is 0. The second kappa shape index (κ2) is 7.38. The van der Waals surface area contributed by atoms with E-state index in [0.29, 0.717) is 0 Å². The second-order valence-corrected chi connectivity index (χ2v) is 2.68. The quantitative estimate of drug-likeness (QED) is 0.561. The summed E-state index contributed by atoms with van der Waals surface area (Å²) in [6.07, 6.45) is 1.11. The van der Waals surface area contributed by atoms with Crippen LogP contribution in [-0.2, 0) is 0 Å². The summed E-state index contributed by atoms with van der Waals surface area (Å²) in [4.78, 5) is 2.22. The monoisotopic (exact) mass is 163 g/mol. The topological polar surface area (TPSA) is 23.5 Å². The van der Waals surface area contributed by atoms with Crippen LogP contribution in [0.5, 0.6) is 0 Å². The predicted molar refractivity (Wildman–Crippen MR) is 47.7 cm³/mol. The lowest BCUT2D eigenvalue weighted by Gasteiger charge is -2.17. The Morgan fingerprint density at radius 2 is 2.10 bits per heavy atom. The van der Waals surface area contributed by atoms with Gasteiger partial charge in [0.2, 0.25) is 0 Å². The molecule has 0 aliphatic rings. The van der Waals surface area contributed by atoms with Gasteiger partial charge >= 0.3 is 0 Å². The molecule has 0 rings (SSSR count). The van der Waals surface area contributed by atoms with E-state index in [1.165, 1.54) is 0 Å². The molecule has 0 heterocycles. The number of aliphatic hydroxyl groups excluding tert-OH is 1. The molecule has 0 unspecified atom stereocenters. The number of hydrogen-bond acceptors (Lipinski definition) is 3. The fourth-order valence-corrected chi connectivity index (χ4v) is 1.01. The van der Waals surface area contributed by atoms with Crippen molar-refractivity contribution in [3.05, 3.63) is 0 Å². The first-order valence-corrected chi connectivity index (χ1v) is 4.42. The van der Waals surface area contributed by atoms with Crippen molar-refractivity contribution in [2.75, 3.05) is 32.0 Å². The first-order valence-electron chi connectivity index (χ1n) is 3.79. The van der Waals surface area contributed by atoms with Crippen LogP contribution in [0.3, 0.4) is 0 Å². The normalized spacial score (nSPS) is 10.8. The molecule has 0 aliphatic heterocycles. The number of hydrogen-bond donors (Lipinski definition) is 2. The minimum atomic E-state index is 0.264. The molecule has 0 aromatic carbocycles. The third-order valence-corrected chi connectivity index (χ3v) is 1.81. The third kappa shape index (κ3) is 5.09. The Kier molecular flexibility index (Phi) is 7.58. The highest BCUT2D eigenvalue weighted by Gasteiger charge is 1.98. The summed E-state index contributed by atoms with van der Waals surface area (Å²) in [6, 6.07) is 0. The SMILES string of the molecule is CCN(CCO)CCCS. The molecule has 1 N–H and O–H groups in total. The van der Waals surface area contributed by atoms with Crippen LogP contribution in [0.25, 0.3) is 0 Å². The van der Waals surface area contributed by atoms with Crippen molar-refractivity contribution in [3.63, 3.8) is 0 Å². The molecule has 0 aliphatic carbocycles. The van der Waals surface area contributed by atoms with Crippen LogP contribution in [0.1, 0.15) is 13.3 Å². The summed E-state index contributed by atoms with van der Waals surface area (Å²) in [5.74, 6) is 0.932. The van der Waals surface area contributed by atoms with E-state index >= 15 is 0 Å². The molecule has 10 heavy (non-hydrogen) atoms. The number of thiol groups is 1. The molecule has 0 aromatic rings. The van der Waals surface area contributed by atoms with E-state index in [2.05, 4.69) is 24.5 Å². The molecular weight excluding hydrogens is 146 g/mol. The average Bonchev–Trinajstić information content (AvgIpc) is 1.98. The standard InChI is InChI=1S/C7H17NOS/c1-2-8(5-6-9)4-3-7-10/h9-10H,2-7H2,1H3. The first kappa shape index (κ1) is 10.3. The molecular formula is C7H17NOS. The smallest absolute Gasteiger partial charge is 0.0558 e. The summed E-state index contributed by atoms with van der Waals surface area (Å²) in [6.45, 7) is 5.24. The van der Waals surface area contributed by atoms with Crippen molar-refractivity contribution in [2.45, 2.75) is 13.3 Å². The van der Waals surface area contributed by atoms with Crippen LogP contribution in [0.2, 0.25) is 0 Å². The zero-order valence-electron chi connectivity index (χ0n) is 6.58. The van der Waals surface area contributed by atoms with Gasteiger partial charge < -0.3 is 10.0 Å². The second-order valence-electron chi connectivity index (χ2n) is 2.24. The van der Waals surface area contributed by atoms with E-state index in [-0.39, 0.29) is 6.61 Å². The molecule has 0 saturated heterocycles. The van der Waals surface area contributed by atoms with Crippen LogP contribution in [0, 0.1) is 0 Å². The van der Waals surface area contributed by atoms with Crippen LogP contribution in [0.4, 0.5) is 0 Å². The van der Waals surface area contributed by atoms with Crippen LogP contribution in [0.15, 0.2) is 0 Å². The Hall–Kier alpha value is 0.270. The minimum Gasteiger partial charge on any atom is -0.395 e. The highest BCUT2D eigenvalue weighted by atomic mass is 32.1. The van der Waals surface area contributed by atoms with Gasteiger partial charge in [-0.15, -0.1) is 0 Å². The lowest BCUT2D eigenvalue weighted by atomic mass is 10.4. The fourth-order valence-electron chi connectivity index (χ4n) is 0.864. The maximum atomic E-state index is 8.61. The Labute approximate surface area is 68.6 Å². The van der Waals surface area contributed by atoms with E-state index < -0.39 is 0 Å². The van der Waals surface area contributed by atoms with E-state index in [1.54, 1.807) is 0 Å². The van der Waals surface area contributed by atoms with Gasteiger partial charge in [0.15, 0.2) is 0 Å². The molecule has 0 radical (unpaired) electrons. The Bertz CT molecular complexity index is 70.6. The van der Waals surface area contributed by atoms with Gasteiger partial charge in [0.1, 0.15) is 0 Å². The van der Waals surface area contributed by atoms with Gasteiger partial charge in [0.25, 0.3) is 0 Å². The highest BCUT2D eigenvalue weighted by molar-refractivity contribution is 7.80. The van der Waals surface area contributed by atoms with Gasteiger partial charge in [-0.1, -0.05) is 6.92 Å². The van der Waals surface area contributed by atoms with Crippen molar-refractivity contribution in [1.82, 2.24) is 4.90 Å². The maximum absolute atomic E-state index is 8.61. The molecule has 0 atom stereocenters. The predicted octanol–water partition coefficient (Wildman–Crippen LogP) is 0.621. The lowest BCUT2D eigenvalue weighted by molar-refractivity contribution is 0.202. The van der Waals surface area contributed by atoms with Gasteiger partial charge in [0, 0.05) is 6.54 Å². The lowest BCUT2D eigenvalue weighted by Crippen LogP contribution is -2.27. The molecule has 0 spiro atoms. The van der Waals surface area contributed by atoms with Gasteiger partial charge in [-0.25, -0.2) is 0 Å². The number of aliphatic hydroxyl groups is 1. The third-order valence-electron chi connectivity index (χ3n) is 1.50. The maximum Gasteiger partial charge on any atom is 0.0558 e. The van der Waals surface area contributed by atoms with Crippen molar-refractivity contribution < 1.29 is 5.11 Å².